The summed E-state index contributed by atoms with van der Waals surface area (Å²) in [7, 11) is 0. The van der Waals surface area contributed by atoms with Crippen LogP contribution in [0.25, 0.3) is 54.6 Å². The molecule has 6 aromatic carbocycles. The van der Waals surface area contributed by atoms with Gasteiger partial charge >= 0.3 is 0 Å². The maximum atomic E-state index is 2.37. The summed E-state index contributed by atoms with van der Waals surface area (Å²) in [6.45, 7) is 0. The molecule has 0 saturated heterocycles. The SMILES string of the molecule is c1ccc(-c2cc3ccc4cccc5ccc(c2-c2ccccc2)c3c45)cc1. The van der Waals surface area contributed by atoms with Crippen LogP contribution in [0.15, 0.2) is 109 Å². The summed E-state index contributed by atoms with van der Waals surface area (Å²) in [5.41, 5.74) is 5.13. The van der Waals surface area contributed by atoms with Crippen LogP contribution in [0.2, 0.25) is 0 Å². The Morgan fingerprint density at radius 2 is 1.00 bits per heavy atom. The monoisotopic (exact) mass is 354 g/mol. The highest BCUT2D eigenvalue weighted by atomic mass is 14.2. The lowest BCUT2D eigenvalue weighted by Crippen LogP contribution is -1.91. The normalized spacial score (nSPS) is 11.6. The van der Waals surface area contributed by atoms with E-state index >= 15 is 0 Å². The highest BCUT2D eigenvalue weighted by Gasteiger charge is 2.16. The molecule has 0 aliphatic carbocycles. The van der Waals surface area contributed by atoms with E-state index in [1.807, 2.05) is 0 Å². The van der Waals surface area contributed by atoms with Gasteiger partial charge < -0.3 is 0 Å². The maximum Gasteiger partial charge on any atom is -0.00201 e. The largest absolute Gasteiger partial charge is 0.0622 e. The molecule has 0 atom stereocenters. The van der Waals surface area contributed by atoms with Gasteiger partial charge in [0, 0.05) is 0 Å². The summed E-state index contributed by atoms with van der Waals surface area (Å²) in [5, 5.41) is 7.98. The predicted molar refractivity (Wildman–Crippen MR) is 121 cm³/mol. The molecule has 0 nitrogen and oxygen atoms in total. The Kier molecular flexibility index (Phi) is 3.27. The van der Waals surface area contributed by atoms with Gasteiger partial charge in [0.1, 0.15) is 0 Å². The molecule has 0 aromatic heterocycles. The first-order chi connectivity index (χ1) is 13.9. The van der Waals surface area contributed by atoms with Gasteiger partial charge in [0.2, 0.25) is 0 Å². The first kappa shape index (κ1) is 15.4. The topological polar surface area (TPSA) is 0 Å². The third kappa shape index (κ3) is 2.18. The van der Waals surface area contributed by atoms with E-state index < -0.39 is 0 Å². The fraction of sp³-hybridized carbons (Fsp3) is 0. The van der Waals surface area contributed by atoms with Gasteiger partial charge in [-0.2, -0.15) is 0 Å². The Labute approximate surface area is 164 Å². The van der Waals surface area contributed by atoms with E-state index in [0.717, 1.165) is 0 Å². The van der Waals surface area contributed by atoms with Crippen LogP contribution in [0.3, 0.4) is 0 Å². The highest BCUT2D eigenvalue weighted by Crippen LogP contribution is 2.44. The Hall–Kier alpha value is -3.64. The molecule has 0 spiro atoms. The van der Waals surface area contributed by atoms with E-state index in [1.165, 1.54) is 54.6 Å². The van der Waals surface area contributed by atoms with Crippen LogP contribution < -0.4 is 0 Å². The van der Waals surface area contributed by atoms with Crippen molar-refractivity contribution < 1.29 is 0 Å². The lowest BCUT2D eigenvalue weighted by Gasteiger charge is -2.18. The van der Waals surface area contributed by atoms with Gasteiger partial charge in [-0.25, -0.2) is 0 Å². The number of hydrogen-bond acceptors (Lipinski definition) is 0. The standard InChI is InChI=1S/C28H18/c1-3-8-19(9-4-1)25-18-23-15-14-21-12-7-13-22-16-17-24(28(23)26(21)22)27(25)20-10-5-2-6-11-20/h1-18H. The van der Waals surface area contributed by atoms with Crippen LogP contribution in [0.5, 0.6) is 0 Å². The smallest absolute Gasteiger partial charge is 0.00201 e. The molecule has 6 rings (SSSR count). The molecule has 0 fully saturated rings. The summed E-state index contributed by atoms with van der Waals surface area (Å²) in [6.07, 6.45) is 0. The molecule has 130 valence electrons. The summed E-state index contributed by atoms with van der Waals surface area (Å²) in [5.74, 6) is 0. The second kappa shape index (κ2) is 5.94. The van der Waals surface area contributed by atoms with Crippen molar-refractivity contribution in [2.24, 2.45) is 0 Å². The molecule has 0 bridgehead atoms. The van der Waals surface area contributed by atoms with E-state index in [0.29, 0.717) is 0 Å². The summed E-state index contributed by atoms with van der Waals surface area (Å²) < 4.78 is 0. The average Bonchev–Trinajstić information content (AvgIpc) is 2.78. The van der Waals surface area contributed by atoms with Gasteiger partial charge in [0.15, 0.2) is 0 Å². The van der Waals surface area contributed by atoms with Crippen LogP contribution in [0.4, 0.5) is 0 Å². The third-order valence-corrected chi connectivity index (χ3v) is 5.79. The predicted octanol–water partition coefficient (Wildman–Crippen LogP) is 7.92. The summed E-state index contributed by atoms with van der Waals surface area (Å²) in [6, 6.07) is 39.6. The molecule has 0 heterocycles. The fourth-order valence-electron chi connectivity index (χ4n) is 4.57. The van der Waals surface area contributed by atoms with Crippen LogP contribution in [0, 0.1) is 0 Å². The minimum Gasteiger partial charge on any atom is -0.0622 e. The van der Waals surface area contributed by atoms with Crippen molar-refractivity contribution in [3.63, 3.8) is 0 Å². The fourth-order valence-corrected chi connectivity index (χ4v) is 4.57. The van der Waals surface area contributed by atoms with E-state index in [2.05, 4.69) is 109 Å². The average molecular weight is 354 g/mol. The first-order valence-corrected chi connectivity index (χ1v) is 9.71. The molecule has 6 aromatic rings. The number of benzene rings is 6. The Morgan fingerprint density at radius 1 is 0.393 bits per heavy atom. The minimum absolute atomic E-state index is 1.26. The Morgan fingerprint density at radius 3 is 1.71 bits per heavy atom. The zero-order chi connectivity index (χ0) is 18.5. The van der Waals surface area contributed by atoms with Crippen molar-refractivity contribution in [3.05, 3.63) is 109 Å². The minimum atomic E-state index is 1.26. The summed E-state index contributed by atoms with van der Waals surface area (Å²) >= 11 is 0. The maximum absolute atomic E-state index is 2.37. The lowest BCUT2D eigenvalue weighted by molar-refractivity contribution is 1.62. The zero-order valence-corrected chi connectivity index (χ0v) is 15.4. The van der Waals surface area contributed by atoms with Crippen molar-refractivity contribution in [1.82, 2.24) is 0 Å². The highest BCUT2D eigenvalue weighted by molar-refractivity contribution is 6.27. The van der Waals surface area contributed by atoms with E-state index in [4.69, 9.17) is 0 Å². The quantitative estimate of drug-likeness (QED) is 0.277. The molecule has 0 heteroatoms. The molecular formula is C28H18. The van der Waals surface area contributed by atoms with Gasteiger partial charge in [0.25, 0.3) is 0 Å². The van der Waals surface area contributed by atoms with Crippen LogP contribution in [0.1, 0.15) is 0 Å². The van der Waals surface area contributed by atoms with Gasteiger partial charge in [-0.1, -0.05) is 103 Å². The number of hydrogen-bond donors (Lipinski definition) is 0. The van der Waals surface area contributed by atoms with Crippen LogP contribution >= 0.6 is 0 Å². The molecule has 0 radical (unpaired) electrons. The molecule has 0 aliphatic heterocycles. The van der Waals surface area contributed by atoms with Gasteiger partial charge in [-0.05, 0) is 60.6 Å². The van der Waals surface area contributed by atoms with Gasteiger partial charge in [0.05, 0.1) is 0 Å². The van der Waals surface area contributed by atoms with Crippen molar-refractivity contribution in [2.45, 2.75) is 0 Å². The Balaban J connectivity index is 1.86. The second-order valence-electron chi connectivity index (χ2n) is 7.39. The van der Waals surface area contributed by atoms with Crippen molar-refractivity contribution >= 4 is 32.3 Å². The second-order valence-corrected chi connectivity index (χ2v) is 7.39. The molecule has 0 unspecified atom stereocenters. The van der Waals surface area contributed by atoms with Gasteiger partial charge in [-0.15, -0.1) is 0 Å². The van der Waals surface area contributed by atoms with Crippen LogP contribution in [-0.4, -0.2) is 0 Å². The third-order valence-electron chi connectivity index (χ3n) is 5.79. The first-order valence-electron chi connectivity index (χ1n) is 9.71. The van der Waals surface area contributed by atoms with Crippen LogP contribution in [-0.2, 0) is 0 Å². The molecule has 0 aliphatic rings. The van der Waals surface area contributed by atoms with Crippen molar-refractivity contribution in [2.75, 3.05) is 0 Å². The van der Waals surface area contributed by atoms with Crippen molar-refractivity contribution in [1.29, 1.82) is 0 Å². The van der Waals surface area contributed by atoms with E-state index in [-0.39, 0.29) is 0 Å². The molecule has 28 heavy (non-hydrogen) atoms. The molecule has 0 saturated carbocycles. The molecular weight excluding hydrogens is 336 g/mol. The van der Waals surface area contributed by atoms with E-state index in [9.17, 15) is 0 Å². The lowest BCUT2D eigenvalue weighted by atomic mass is 9.85. The molecule has 0 amide bonds. The zero-order valence-electron chi connectivity index (χ0n) is 15.4. The van der Waals surface area contributed by atoms with E-state index in [1.54, 1.807) is 0 Å². The Bertz CT molecular complexity index is 1410. The summed E-state index contributed by atoms with van der Waals surface area (Å²) in [4.78, 5) is 0. The van der Waals surface area contributed by atoms with Crippen molar-refractivity contribution in [3.8, 4) is 22.3 Å². The van der Waals surface area contributed by atoms with Gasteiger partial charge in [-0.3, -0.25) is 0 Å². The molecule has 0 N–H and O–H groups in total. The number of rotatable bonds is 2.